The molecule has 19 heavy (non-hydrogen) atoms. The number of aromatic nitrogens is 1. The molecule has 4 nitrogen and oxygen atoms in total. The SMILES string of the molecule is CC1(CNC(=O)CSc2ccncc2)CCNCC1. The zero-order valence-electron chi connectivity index (χ0n) is 11.3. The van der Waals surface area contributed by atoms with Gasteiger partial charge in [0.25, 0.3) is 0 Å². The van der Waals surface area contributed by atoms with Crippen LogP contribution in [0, 0.1) is 5.41 Å². The Kier molecular flexibility index (Phi) is 5.22. The molecule has 1 fully saturated rings. The fourth-order valence-electron chi connectivity index (χ4n) is 2.15. The van der Waals surface area contributed by atoms with Crippen LogP contribution in [-0.2, 0) is 4.79 Å². The summed E-state index contributed by atoms with van der Waals surface area (Å²) in [6, 6.07) is 3.85. The van der Waals surface area contributed by atoms with Gasteiger partial charge in [0.15, 0.2) is 0 Å². The van der Waals surface area contributed by atoms with Crippen LogP contribution in [0.2, 0.25) is 0 Å². The monoisotopic (exact) mass is 279 g/mol. The van der Waals surface area contributed by atoms with Gasteiger partial charge in [-0.2, -0.15) is 0 Å². The van der Waals surface area contributed by atoms with Crippen molar-refractivity contribution < 1.29 is 4.79 Å². The van der Waals surface area contributed by atoms with Crippen LogP contribution in [0.3, 0.4) is 0 Å². The lowest BCUT2D eigenvalue weighted by molar-refractivity contribution is -0.119. The van der Waals surface area contributed by atoms with E-state index in [0.29, 0.717) is 5.75 Å². The number of piperidine rings is 1. The third kappa shape index (κ3) is 4.84. The minimum atomic E-state index is 0.113. The molecule has 0 aliphatic carbocycles. The van der Waals surface area contributed by atoms with E-state index in [1.54, 1.807) is 24.2 Å². The molecule has 1 saturated heterocycles. The fourth-order valence-corrected chi connectivity index (χ4v) is 2.87. The van der Waals surface area contributed by atoms with Crippen molar-refractivity contribution in [1.82, 2.24) is 15.6 Å². The largest absolute Gasteiger partial charge is 0.355 e. The first-order valence-electron chi connectivity index (χ1n) is 6.68. The average Bonchev–Trinajstić information content (AvgIpc) is 2.45. The molecule has 1 aliphatic heterocycles. The highest BCUT2D eigenvalue weighted by Crippen LogP contribution is 2.26. The minimum Gasteiger partial charge on any atom is -0.355 e. The molecule has 2 heterocycles. The smallest absolute Gasteiger partial charge is 0.230 e. The van der Waals surface area contributed by atoms with Crippen LogP contribution in [0.1, 0.15) is 19.8 Å². The van der Waals surface area contributed by atoms with E-state index >= 15 is 0 Å². The van der Waals surface area contributed by atoms with Crippen molar-refractivity contribution in [2.24, 2.45) is 5.41 Å². The lowest BCUT2D eigenvalue weighted by Crippen LogP contribution is -2.43. The number of carbonyl (C=O) groups excluding carboxylic acids is 1. The highest BCUT2D eigenvalue weighted by Gasteiger charge is 2.26. The summed E-state index contributed by atoms with van der Waals surface area (Å²) >= 11 is 1.55. The van der Waals surface area contributed by atoms with Gasteiger partial charge >= 0.3 is 0 Å². The molecule has 0 unspecified atom stereocenters. The maximum absolute atomic E-state index is 11.8. The first-order chi connectivity index (χ1) is 9.18. The quantitative estimate of drug-likeness (QED) is 0.805. The summed E-state index contributed by atoms with van der Waals surface area (Å²) < 4.78 is 0. The summed E-state index contributed by atoms with van der Waals surface area (Å²) in [7, 11) is 0. The molecule has 0 spiro atoms. The van der Waals surface area contributed by atoms with Gasteiger partial charge in [-0.15, -0.1) is 11.8 Å². The zero-order chi connectivity index (χ0) is 13.6. The topological polar surface area (TPSA) is 54.0 Å². The second kappa shape index (κ2) is 6.91. The summed E-state index contributed by atoms with van der Waals surface area (Å²) in [4.78, 5) is 16.9. The Bertz CT molecular complexity index is 404. The van der Waals surface area contributed by atoms with Crippen LogP contribution in [0.5, 0.6) is 0 Å². The normalized spacial score (nSPS) is 17.9. The van der Waals surface area contributed by atoms with Crippen molar-refractivity contribution in [3.63, 3.8) is 0 Å². The minimum absolute atomic E-state index is 0.113. The second-order valence-electron chi connectivity index (χ2n) is 5.31. The number of amides is 1. The molecular formula is C14H21N3OS. The van der Waals surface area contributed by atoms with E-state index < -0.39 is 0 Å². The molecule has 0 radical (unpaired) electrons. The van der Waals surface area contributed by atoms with Crippen molar-refractivity contribution >= 4 is 17.7 Å². The van der Waals surface area contributed by atoms with Gasteiger partial charge in [0, 0.05) is 23.8 Å². The number of nitrogens with one attached hydrogen (secondary N) is 2. The van der Waals surface area contributed by atoms with Gasteiger partial charge in [-0.3, -0.25) is 9.78 Å². The molecule has 104 valence electrons. The van der Waals surface area contributed by atoms with E-state index in [2.05, 4.69) is 22.5 Å². The summed E-state index contributed by atoms with van der Waals surface area (Å²) in [6.07, 6.45) is 5.75. The Balaban J connectivity index is 1.70. The predicted molar refractivity (Wildman–Crippen MR) is 78.2 cm³/mol. The Hall–Kier alpha value is -1.07. The first kappa shape index (κ1) is 14.3. The summed E-state index contributed by atoms with van der Waals surface area (Å²) in [6.45, 7) is 5.14. The number of rotatable bonds is 5. The molecule has 1 amide bonds. The summed E-state index contributed by atoms with van der Waals surface area (Å²) in [5.74, 6) is 0.583. The number of hydrogen-bond acceptors (Lipinski definition) is 4. The van der Waals surface area contributed by atoms with Crippen LogP contribution in [0.25, 0.3) is 0 Å². The molecule has 0 aromatic carbocycles. The van der Waals surface area contributed by atoms with E-state index in [-0.39, 0.29) is 11.3 Å². The van der Waals surface area contributed by atoms with Crippen LogP contribution in [0.15, 0.2) is 29.4 Å². The highest BCUT2D eigenvalue weighted by molar-refractivity contribution is 8.00. The molecule has 5 heteroatoms. The Morgan fingerprint density at radius 3 is 2.79 bits per heavy atom. The summed E-state index contributed by atoms with van der Waals surface area (Å²) in [5.41, 5.74) is 0.252. The van der Waals surface area contributed by atoms with Gasteiger partial charge in [0.05, 0.1) is 5.75 Å². The molecule has 2 N–H and O–H groups in total. The van der Waals surface area contributed by atoms with Crippen LogP contribution < -0.4 is 10.6 Å². The fraction of sp³-hybridized carbons (Fsp3) is 0.571. The number of hydrogen-bond donors (Lipinski definition) is 2. The molecule has 1 aliphatic rings. The molecule has 1 aromatic rings. The van der Waals surface area contributed by atoms with Crippen molar-refractivity contribution in [1.29, 1.82) is 0 Å². The van der Waals surface area contributed by atoms with Gasteiger partial charge in [-0.25, -0.2) is 0 Å². The number of thioether (sulfide) groups is 1. The maximum Gasteiger partial charge on any atom is 0.230 e. The zero-order valence-corrected chi connectivity index (χ0v) is 12.1. The van der Waals surface area contributed by atoms with Gasteiger partial charge in [0.1, 0.15) is 0 Å². The Morgan fingerprint density at radius 1 is 1.42 bits per heavy atom. The molecule has 0 atom stereocenters. The third-order valence-corrected chi connectivity index (χ3v) is 4.55. The van der Waals surface area contributed by atoms with E-state index in [9.17, 15) is 4.79 Å². The van der Waals surface area contributed by atoms with Crippen LogP contribution in [-0.4, -0.2) is 36.3 Å². The highest BCUT2D eigenvalue weighted by atomic mass is 32.2. The van der Waals surface area contributed by atoms with Crippen molar-refractivity contribution in [2.75, 3.05) is 25.4 Å². The average molecular weight is 279 g/mol. The standard InChI is InChI=1S/C14H21N3OS/c1-14(4-8-16-9-5-14)11-17-13(18)10-19-12-2-6-15-7-3-12/h2-3,6-7,16H,4-5,8-11H2,1H3,(H,17,18). The Labute approximate surface area is 118 Å². The van der Waals surface area contributed by atoms with E-state index in [4.69, 9.17) is 0 Å². The van der Waals surface area contributed by atoms with Crippen molar-refractivity contribution in [3.05, 3.63) is 24.5 Å². The van der Waals surface area contributed by atoms with E-state index in [1.165, 1.54) is 0 Å². The van der Waals surface area contributed by atoms with Gasteiger partial charge < -0.3 is 10.6 Å². The van der Waals surface area contributed by atoms with Gasteiger partial charge in [-0.05, 0) is 43.5 Å². The van der Waals surface area contributed by atoms with E-state index in [0.717, 1.165) is 37.4 Å². The lowest BCUT2D eigenvalue weighted by Gasteiger charge is -2.34. The van der Waals surface area contributed by atoms with Crippen LogP contribution >= 0.6 is 11.8 Å². The number of carbonyl (C=O) groups is 1. The van der Waals surface area contributed by atoms with E-state index in [1.807, 2.05) is 12.1 Å². The van der Waals surface area contributed by atoms with Gasteiger partial charge in [-0.1, -0.05) is 6.92 Å². The number of nitrogens with zero attached hydrogens (tertiary/aromatic N) is 1. The molecule has 2 rings (SSSR count). The van der Waals surface area contributed by atoms with Crippen LogP contribution in [0.4, 0.5) is 0 Å². The Morgan fingerprint density at radius 2 is 2.11 bits per heavy atom. The van der Waals surface area contributed by atoms with Crippen molar-refractivity contribution in [2.45, 2.75) is 24.7 Å². The first-order valence-corrected chi connectivity index (χ1v) is 7.67. The molecule has 0 saturated carbocycles. The second-order valence-corrected chi connectivity index (χ2v) is 6.36. The lowest BCUT2D eigenvalue weighted by atomic mass is 9.81. The summed E-state index contributed by atoms with van der Waals surface area (Å²) in [5, 5.41) is 6.41. The predicted octanol–water partition coefficient (Wildman–Crippen LogP) is 1.68. The number of pyridine rings is 1. The maximum atomic E-state index is 11.8. The molecule has 0 bridgehead atoms. The molecule has 1 aromatic heterocycles. The molecular weight excluding hydrogens is 258 g/mol. The third-order valence-electron chi connectivity index (χ3n) is 3.54. The van der Waals surface area contributed by atoms with Gasteiger partial charge in [0.2, 0.25) is 5.91 Å². The van der Waals surface area contributed by atoms with Crippen molar-refractivity contribution in [3.8, 4) is 0 Å².